The number of ether oxygens (including phenoxy) is 1. The molecular weight excluding hydrogens is 500 g/mol. The van der Waals surface area contributed by atoms with Gasteiger partial charge in [0.25, 0.3) is 0 Å². The second-order valence-electron chi connectivity index (χ2n) is 10.3. The SMILES string of the molecule is CS(=O)(=O)C1(c2ccc(OCCN3CCC4(CC3)C(=O)N(CCO)c3ccc(Cl)cc34)cc2)CCC1. The van der Waals surface area contributed by atoms with Crippen LogP contribution in [0.25, 0.3) is 0 Å². The molecule has 2 aliphatic heterocycles. The number of hydrogen-bond donors (Lipinski definition) is 1. The Morgan fingerprint density at radius 3 is 2.31 bits per heavy atom. The maximum Gasteiger partial charge on any atom is 0.237 e. The fourth-order valence-electron chi connectivity index (χ4n) is 6.09. The highest BCUT2D eigenvalue weighted by Gasteiger charge is 2.52. The molecule has 2 heterocycles. The van der Waals surface area contributed by atoms with Crippen LogP contribution < -0.4 is 9.64 Å². The van der Waals surface area contributed by atoms with Crippen LogP contribution in [0.2, 0.25) is 5.02 Å². The van der Waals surface area contributed by atoms with Gasteiger partial charge in [-0.25, -0.2) is 8.42 Å². The summed E-state index contributed by atoms with van der Waals surface area (Å²) in [5.74, 6) is 0.785. The van der Waals surface area contributed by atoms with E-state index in [4.69, 9.17) is 16.3 Å². The molecule has 0 aromatic heterocycles. The molecule has 0 atom stereocenters. The van der Waals surface area contributed by atoms with Crippen molar-refractivity contribution >= 4 is 33.0 Å². The zero-order valence-electron chi connectivity index (χ0n) is 20.6. The van der Waals surface area contributed by atoms with E-state index in [-0.39, 0.29) is 19.1 Å². The predicted octanol–water partition coefficient (Wildman–Crippen LogP) is 3.52. The highest BCUT2D eigenvalue weighted by Crippen LogP contribution is 2.49. The van der Waals surface area contributed by atoms with Crippen LogP contribution >= 0.6 is 11.6 Å². The largest absolute Gasteiger partial charge is 0.492 e. The first kappa shape index (κ1) is 25.5. The Hall–Kier alpha value is -2.13. The predicted molar refractivity (Wildman–Crippen MR) is 141 cm³/mol. The van der Waals surface area contributed by atoms with Gasteiger partial charge in [-0.2, -0.15) is 0 Å². The van der Waals surface area contributed by atoms with E-state index in [0.717, 1.165) is 48.6 Å². The highest BCUT2D eigenvalue weighted by atomic mass is 35.5. The van der Waals surface area contributed by atoms with Crippen LogP contribution in [0, 0.1) is 0 Å². The Morgan fingerprint density at radius 1 is 1.03 bits per heavy atom. The van der Waals surface area contributed by atoms with Crippen LogP contribution in [0.4, 0.5) is 5.69 Å². The Balaban J connectivity index is 1.18. The van der Waals surface area contributed by atoms with Gasteiger partial charge < -0.3 is 14.7 Å². The Kier molecular flexibility index (Phi) is 6.83. The van der Waals surface area contributed by atoms with Gasteiger partial charge in [-0.15, -0.1) is 0 Å². The Labute approximate surface area is 217 Å². The number of sulfone groups is 1. The minimum Gasteiger partial charge on any atom is -0.492 e. The number of benzene rings is 2. The zero-order valence-corrected chi connectivity index (χ0v) is 22.2. The monoisotopic (exact) mass is 532 g/mol. The number of hydrogen-bond acceptors (Lipinski definition) is 6. The van der Waals surface area contributed by atoms with Crippen LogP contribution in [0.15, 0.2) is 42.5 Å². The standard InChI is InChI=1S/C27H33ClN2O5S/c1-36(33,34)27(9-2-10-27)20-3-6-22(7-4-20)35-18-16-29-13-11-26(12-14-29)23-19-21(28)5-8-24(23)30(15-17-31)25(26)32/h3-8,19,31H,2,9-18H2,1H3. The quantitative estimate of drug-likeness (QED) is 0.560. The molecule has 1 spiro atoms. The van der Waals surface area contributed by atoms with Crippen molar-refractivity contribution in [3.05, 3.63) is 58.6 Å². The second kappa shape index (κ2) is 9.63. The first-order chi connectivity index (χ1) is 17.2. The summed E-state index contributed by atoms with van der Waals surface area (Å²) in [6.45, 7) is 2.99. The molecule has 194 valence electrons. The van der Waals surface area contributed by atoms with Crippen molar-refractivity contribution in [2.75, 3.05) is 50.5 Å². The first-order valence-electron chi connectivity index (χ1n) is 12.6. The van der Waals surface area contributed by atoms with Crippen LogP contribution in [-0.4, -0.2) is 70.0 Å². The van der Waals surface area contributed by atoms with Crippen LogP contribution in [0.5, 0.6) is 5.75 Å². The van der Waals surface area contributed by atoms with Crippen molar-refractivity contribution in [2.24, 2.45) is 0 Å². The minimum absolute atomic E-state index is 0.0585. The lowest BCUT2D eigenvalue weighted by molar-refractivity contribution is -0.125. The van der Waals surface area contributed by atoms with Gasteiger partial charge in [0.05, 0.1) is 16.8 Å². The molecule has 7 nitrogen and oxygen atoms in total. The van der Waals surface area contributed by atoms with Gasteiger partial charge in [-0.3, -0.25) is 9.69 Å². The molecule has 9 heteroatoms. The maximum absolute atomic E-state index is 13.4. The summed E-state index contributed by atoms with van der Waals surface area (Å²) in [4.78, 5) is 17.4. The van der Waals surface area contributed by atoms with Gasteiger partial charge in [-0.05, 0) is 86.7 Å². The van der Waals surface area contributed by atoms with E-state index in [1.54, 1.807) is 11.0 Å². The lowest BCUT2D eigenvalue weighted by atomic mass is 9.73. The number of piperidine rings is 1. The number of fused-ring (bicyclic) bond motifs is 2. The van der Waals surface area contributed by atoms with Crippen molar-refractivity contribution < 1.29 is 23.1 Å². The summed E-state index contributed by atoms with van der Waals surface area (Å²) in [7, 11) is -3.16. The number of halogens is 1. The Bertz CT molecular complexity index is 1240. The summed E-state index contributed by atoms with van der Waals surface area (Å²) in [5.41, 5.74) is 2.10. The smallest absolute Gasteiger partial charge is 0.237 e. The number of aliphatic hydroxyl groups excluding tert-OH is 1. The lowest BCUT2D eigenvalue weighted by Crippen LogP contribution is -2.49. The van der Waals surface area contributed by atoms with E-state index in [1.165, 1.54) is 6.26 Å². The molecule has 1 saturated heterocycles. The van der Waals surface area contributed by atoms with E-state index in [2.05, 4.69) is 4.90 Å². The molecule has 0 bridgehead atoms. The van der Waals surface area contributed by atoms with E-state index in [0.29, 0.717) is 37.3 Å². The third-order valence-corrected chi connectivity index (χ3v) is 10.7. The van der Waals surface area contributed by atoms with Gasteiger partial charge in [0.15, 0.2) is 9.84 Å². The maximum atomic E-state index is 13.4. The number of anilines is 1. The van der Waals surface area contributed by atoms with Crippen LogP contribution in [0.3, 0.4) is 0 Å². The van der Waals surface area contributed by atoms with Crippen molar-refractivity contribution in [3.63, 3.8) is 0 Å². The molecule has 1 N–H and O–H groups in total. The molecule has 1 saturated carbocycles. The van der Waals surface area contributed by atoms with Crippen molar-refractivity contribution in [1.82, 2.24) is 4.90 Å². The number of β-amino-alcohol motifs (C(OH)–C–C–N with tert-alkyl or cyclic N) is 1. The zero-order chi connectivity index (χ0) is 25.6. The number of carbonyl (C=O) groups excluding carboxylic acids is 1. The molecule has 0 radical (unpaired) electrons. The molecule has 36 heavy (non-hydrogen) atoms. The fraction of sp³-hybridized carbons (Fsp3) is 0.519. The summed E-state index contributed by atoms with van der Waals surface area (Å²) in [6, 6.07) is 13.1. The topological polar surface area (TPSA) is 87.2 Å². The van der Waals surface area contributed by atoms with Crippen molar-refractivity contribution in [3.8, 4) is 5.75 Å². The number of rotatable bonds is 8. The molecule has 5 rings (SSSR count). The van der Waals surface area contributed by atoms with E-state index in [9.17, 15) is 18.3 Å². The third-order valence-electron chi connectivity index (χ3n) is 8.38. The molecule has 2 aromatic rings. The summed E-state index contributed by atoms with van der Waals surface area (Å²) < 4.78 is 29.9. The van der Waals surface area contributed by atoms with Crippen molar-refractivity contribution in [1.29, 1.82) is 0 Å². The number of likely N-dealkylation sites (tertiary alicyclic amines) is 1. The van der Waals surface area contributed by atoms with Gasteiger partial charge >= 0.3 is 0 Å². The van der Waals surface area contributed by atoms with Crippen LogP contribution in [0.1, 0.15) is 43.2 Å². The highest BCUT2D eigenvalue weighted by molar-refractivity contribution is 7.91. The molecule has 3 aliphatic rings. The number of nitrogens with zero attached hydrogens (tertiary/aromatic N) is 2. The fourth-order valence-corrected chi connectivity index (χ4v) is 7.86. The van der Waals surface area contributed by atoms with E-state index < -0.39 is 20.0 Å². The van der Waals surface area contributed by atoms with E-state index in [1.807, 2.05) is 36.4 Å². The van der Waals surface area contributed by atoms with Gasteiger partial charge in [0.2, 0.25) is 5.91 Å². The molecular formula is C27H33ClN2O5S. The summed E-state index contributed by atoms with van der Waals surface area (Å²) in [6.07, 6.45) is 5.02. The number of carbonyl (C=O) groups is 1. The van der Waals surface area contributed by atoms with Crippen molar-refractivity contribution in [2.45, 2.75) is 42.3 Å². The normalized spacial score (nSPS) is 20.9. The molecule has 2 aromatic carbocycles. The third kappa shape index (κ3) is 4.22. The minimum atomic E-state index is -3.16. The van der Waals surface area contributed by atoms with Crippen LogP contribution in [-0.2, 0) is 24.8 Å². The lowest BCUT2D eigenvalue weighted by Gasteiger charge is -2.40. The summed E-state index contributed by atoms with van der Waals surface area (Å²) in [5, 5.41) is 10.1. The Morgan fingerprint density at radius 2 is 1.72 bits per heavy atom. The summed E-state index contributed by atoms with van der Waals surface area (Å²) >= 11 is 6.29. The average Bonchev–Trinajstić information content (AvgIpc) is 3.02. The molecule has 0 unspecified atom stereocenters. The van der Waals surface area contributed by atoms with Gasteiger partial charge in [-0.1, -0.05) is 23.7 Å². The number of aliphatic hydroxyl groups is 1. The number of amides is 1. The second-order valence-corrected chi connectivity index (χ2v) is 13.0. The molecule has 2 fully saturated rings. The van der Waals surface area contributed by atoms with Gasteiger partial charge in [0, 0.05) is 30.1 Å². The van der Waals surface area contributed by atoms with Gasteiger partial charge in [0.1, 0.15) is 12.4 Å². The molecule has 1 aliphatic carbocycles. The van der Waals surface area contributed by atoms with E-state index >= 15 is 0 Å². The first-order valence-corrected chi connectivity index (χ1v) is 14.9. The average molecular weight is 533 g/mol. The molecule has 1 amide bonds.